The second-order valence-electron chi connectivity index (χ2n) is 6.52. The van der Waals surface area contributed by atoms with Crippen LogP contribution in [0.5, 0.6) is 5.75 Å². The lowest BCUT2D eigenvalue weighted by Crippen LogP contribution is -2.13. The summed E-state index contributed by atoms with van der Waals surface area (Å²) in [6, 6.07) is 13.0. The van der Waals surface area contributed by atoms with Crippen molar-refractivity contribution >= 4 is 10.8 Å². The Hall–Kier alpha value is -3.96. The molecule has 8 heteroatoms. The third kappa shape index (κ3) is 3.03. The number of rotatable bonds is 4. The van der Waals surface area contributed by atoms with Crippen molar-refractivity contribution < 1.29 is 4.74 Å². The molecule has 4 rings (SSSR count). The topological polar surface area (TPSA) is 123 Å². The zero-order chi connectivity index (χ0) is 20.5. The summed E-state index contributed by atoms with van der Waals surface area (Å²) in [4.78, 5) is 12.1. The number of fused-ring (bicyclic) bond motifs is 1. The molecular weight excluding hydrogens is 368 g/mol. The van der Waals surface area contributed by atoms with Crippen LogP contribution < -0.4 is 16.0 Å². The van der Waals surface area contributed by atoms with E-state index in [0.717, 1.165) is 16.8 Å². The van der Waals surface area contributed by atoms with Crippen molar-refractivity contribution in [2.75, 3.05) is 7.11 Å². The Morgan fingerprint density at radius 2 is 2.03 bits per heavy atom. The summed E-state index contributed by atoms with van der Waals surface area (Å²) < 4.78 is 7.06. The van der Waals surface area contributed by atoms with Crippen molar-refractivity contribution in [3.63, 3.8) is 0 Å². The number of methoxy groups -OCH3 is 1. The number of hydrogen-bond acceptors (Lipinski definition) is 6. The van der Waals surface area contributed by atoms with Gasteiger partial charge in [0, 0.05) is 30.1 Å². The van der Waals surface area contributed by atoms with Gasteiger partial charge >= 0.3 is 0 Å². The first kappa shape index (κ1) is 18.4. The summed E-state index contributed by atoms with van der Waals surface area (Å²) >= 11 is 0. The zero-order valence-electron chi connectivity index (χ0n) is 15.9. The average Bonchev–Trinajstić information content (AvgIpc) is 3.14. The minimum Gasteiger partial charge on any atom is -0.497 e. The highest BCUT2D eigenvalue weighted by Gasteiger charge is 2.18. The van der Waals surface area contributed by atoms with Crippen LogP contribution in [-0.2, 0) is 13.6 Å². The Kier molecular flexibility index (Phi) is 4.58. The monoisotopic (exact) mass is 386 g/mol. The summed E-state index contributed by atoms with van der Waals surface area (Å²) in [5.41, 5.74) is 9.79. The SMILES string of the molecule is COc1ccc(C#N)c(-c2c(-c3ccc4c(=O)[nH]nc(CN)c4c3)cnn2C)c1. The molecule has 0 unspecified atom stereocenters. The van der Waals surface area contributed by atoms with Gasteiger partial charge in [0.25, 0.3) is 5.56 Å². The van der Waals surface area contributed by atoms with Crippen LogP contribution >= 0.6 is 0 Å². The molecular formula is C21H18N6O2. The van der Waals surface area contributed by atoms with Gasteiger partial charge in [0.15, 0.2) is 0 Å². The number of H-pyrrole nitrogens is 1. The number of nitrogens with two attached hydrogens (primary N) is 1. The van der Waals surface area contributed by atoms with Crippen LogP contribution in [0.25, 0.3) is 33.2 Å². The lowest BCUT2D eigenvalue weighted by atomic mass is 9.96. The van der Waals surface area contributed by atoms with Gasteiger partial charge in [-0.2, -0.15) is 15.5 Å². The minimum absolute atomic E-state index is 0.199. The van der Waals surface area contributed by atoms with E-state index in [0.29, 0.717) is 33.3 Å². The van der Waals surface area contributed by atoms with Gasteiger partial charge in [0.05, 0.1) is 41.7 Å². The average molecular weight is 386 g/mol. The number of nitrogens with one attached hydrogen (secondary N) is 1. The van der Waals surface area contributed by atoms with E-state index in [-0.39, 0.29) is 12.1 Å². The summed E-state index contributed by atoms with van der Waals surface area (Å²) in [6.45, 7) is 0.199. The number of benzene rings is 2. The molecule has 0 atom stereocenters. The van der Waals surface area contributed by atoms with E-state index >= 15 is 0 Å². The van der Waals surface area contributed by atoms with Crippen molar-refractivity contribution in [2.24, 2.45) is 12.8 Å². The first-order valence-electron chi connectivity index (χ1n) is 8.89. The molecule has 144 valence electrons. The molecule has 2 aromatic heterocycles. The molecule has 8 nitrogen and oxygen atoms in total. The van der Waals surface area contributed by atoms with Gasteiger partial charge in [-0.1, -0.05) is 6.07 Å². The molecule has 0 spiro atoms. The number of nitrogens with zero attached hydrogens (tertiary/aromatic N) is 4. The molecule has 4 aromatic rings. The largest absolute Gasteiger partial charge is 0.497 e. The third-order valence-electron chi connectivity index (χ3n) is 4.91. The molecule has 0 amide bonds. The number of ether oxygens (including phenoxy) is 1. The molecule has 0 bridgehead atoms. The molecule has 0 aliphatic rings. The molecule has 0 saturated carbocycles. The van der Waals surface area contributed by atoms with Crippen LogP contribution in [0.1, 0.15) is 11.3 Å². The Morgan fingerprint density at radius 1 is 1.21 bits per heavy atom. The Bertz CT molecular complexity index is 1330. The molecule has 0 fully saturated rings. The maximum atomic E-state index is 12.1. The van der Waals surface area contributed by atoms with E-state index in [2.05, 4.69) is 21.4 Å². The maximum Gasteiger partial charge on any atom is 0.272 e. The van der Waals surface area contributed by atoms with Crippen LogP contribution in [0.15, 0.2) is 47.4 Å². The highest BCUT2D eigenvalue weighted by Crippen LogP contribution is 2.36. The van der Waals surface area contributed by atoms with Crippen LogP contribution in [0.2, 0.25) is 0 Å². The zero-order valence-corrected chi connectivity index (χ0v) is 15.9. The first-order valence-corrected chi connectivity index (χ1v) is 8.89. The fourth-order valence-electron chi connectivity index (χ4n) is 3.45. The van der Waals surface area contributed by atoms with E-state index in [1.807, 2.05) is 25.2 Å². The number of aryl methyl sites for hydroxylation is 1. The highest BCUT2D eigenvalue weighted by molar-refractivity contribution is 5.91. The Labute approximate surface area is 166 Å². The summed E-state index contributed by atoms with van der Waals surface area (Å²) in [5.74, 6) is 0.644. The fraction of sp³-hybridized carbons (Fsp3) is 0.143. The van der Waals surface area contributed by atoms with Crippen LogP contribution in [0.3, 0.4) is 0 Å². The molecule has 29 heavy (non-hydrogen) atoms. The highest BCUT2D eigenvalue weighted by atomic mass is 16.5. The van der Waals surface area contributed by atoms with Crippen molar-refractivity contribution in [2.45, 2.75) is 6.54 Å². The Balaban J connectivity index is 1.98. The molecule has 0 radical (unpaired) electrons. The van der Waals surface area contributed by atoms with Gasteiger partial charge in [-0.05, 0) is 35.9 Å². The van der Waals surface area contributed by atoms with Gasteiger partial charge in [0.1, 0.15) is 5.75 Å². The lowest BCUT2D eigenvalue weighted by Gasteiger charge is -2.11. The van der Waals surface area contributed by atoms with Gasteiger partial charge in [-0.25, -0.2) is 5.10 Å². The summed E-state index contributed by atoms with van der Waals surface area (Å²) in [5, 5.41) is 21.7. The van der Waals surface area contributed by atoms with Crippen molar-refractivity contribution in [3.05, 3.63) is 64.2 Å². The standard InChI is InChI=1S/C21H18N6O2/c1-27-20(16-8-14(29-2)5-3-13(16)9-22)18(11-24-27)12-4-6-15-17(7-12)19(10-23)25-26-21(15)28/h3-8,11H,10,23H2,1-2H3,(H,26,28). The maximum absolute atomic E-state index is 12.1. The lowest BCUT2D eigenvalue weighted by molar-refractivity contribution is 0.415. The number of aromatic nitrogens is 4. The molecule has 0 aliphatic heterocycles. The van der Waals surface area contributed by atoms with Crippen molar-refractivity contribution in [1.82, 2.24) is 20.0 Å². The Morgan fingerprint density at radius 3 is 2.76 bits per heavy atom. The predicted molar refractivity (Wildman–Crippen MR) is 109 cm³/mol. The van der Waals surface area contributed by atoms with Gasteiger partial charge in [-0.15, -0.1) is 0 Å². The second kappa shape index (κ2) is 7.22. The number of hydrogen-bond donors (Lipinski definition) is 2. The van der Waals surface area contributed by atoms with Gasteiger partial charge in [-0.3, -0.25) is 9.48 Å². The molecule has 2 aromatic carbocycles. The molecule has 3 N–H and O–H groups in total. The van der Waals surface area contributed by atoms with E-state index in [4.69, 9.17) is 10.5 Å². The third-order valence-corrected chi connectivity index (χ3v) is 4.91. The van der Waals surface area contributed by atoms with Crippen LogP contribution in [0.4, 0.5) is 0 Å². The minimum atomic E-state index is -0.269. The first-order chi connectivity index (χ1) is 14.1. The predicted octanol–water partition coefficient (Wildman–Crippen LogP) is 2.33. The van der Waals surface area contributed by atoms with Crippen LogP contribution in [0, 0.1) is 11.3 Å². The molecule has 0 saturated heterocycles. The van der Waals surface area contributed by atoms with E-state index < -0.39 is 0 Å². The second-order valence-corrected chi connectivity index (χ2v) is 6.52. The smallest absolute Gasteiger partial charge is 0.272 e. The van der Waals surface area contributed by atoms with E-state index in [1.165, 1.54) is 0 Å². The van der Waals surface area contributed by atoms with Crippen molar-refractivity contribution in [1.29, 1.82) is 5.26 Å². The van der Waals surface area contributed by atoms with E-state index in [1.54, 1.807) is 36.2 Å². The van der Waals surface area contributed by atoms with Crippen LogP contribution in [-0.4, -0.2) is 27.1 Å². The molecule has 0 aliphatic carbocycles. The normalized spacial score (nSPS) is 10.8. The number of aromatic amines is 1. The van der Waals surface area contributed by atoms with E-state index in [9.17, 15) is 10.1 Å². The summed E-state index contributed by atoms with van der Waals surface area (Å²) in [7, 11) is 3.40. The fourth-order valence-corrected chi connectivity index (χ4v) is 3.45. The van der Waals surface area contributed by atoms with Crippen molar-refractivity contribution in [3.8, 4) is 34.2 Å². The molecule has 2 heterocycles. The summed E-state index contributed by atoms with van der Waals surface area (Å²) in [6.07, 6.45) is 1.74. The number of nitriles is 1. The van der Waals surface area contributed by atoms with Gasteiger partial charge < -0.3 is 10.5 Å². The van der Waals surface area contributed by atoms with Gasteiger partial charge in [0.2, 0.25) is 0 Å². The quantitative estimate of drug-likeness (QED) is 0.555.